The van der Waals surface area contributed by atoms with E-state index in [2.05, 4.69) is 10.6 Å². The van der Waals surface area contributed by atoms with Crippen LogP contribution >= 0.6 is 11.3 Å². The molecule has 0 radical (unpaired) electrons. The van der Waals surface area contributed by atoms with Crippen molar-refractivity contribution in [3.8, 4) is 0 Å². The molecule has 6 heteroatoms. The van der Waals surface area contributed by atoms with Crippen LogP contribution in [0.5, 0.6) is 0 Å². The van der Waals surface area contributed by atoms with Crippen LogP contribution in [0.15, 0.2) is 65.7 Å². The molecule has 0 saturated carbocycles. The number of amides is 2. The third kappa shape index (κ3) is 5.87. The molecule has 2 aromatic carbocycles. The lowest BCUT2D eigenvalue weighted by Gasteiger charge is -2.12. The minimum absolute atomic E-state index is 0.167. The second-order valence-electron chi connectivity index (χ2n) is 6.96. The van der Waals surface area contributed by atoms with Gasteiger partial charge >= 0.3 is 0 Å². The summed E-state index contributed by atoms with van der Waals surface area (Å²) in [5.41, 5.74) is 3.54. The Hall–Kier alpha value is -3.25. The Labute approximate surface area is 179 Å². The monoisotopic (exact) mass is 422 g/mol. The summed E-state index contributed by atoms with van der Waals surface area (Å²) in [6, 6.07) is 15.4. The summed E-state index contributed by atoms with van der Waals surface area (Å²) in [5, 5.41) is 7.43. The molecule has 154 valence electrons. The summed E-state index contributed by atoms with van der Waals surface area (Å²) < 4.78 is 13.3. The molecule has 30 heavy (non-hydrogen) atoms. The molecule has 3 rings (SSSR count). The molecule has 0 unspecified atom stereocenters. The van der Waals surface area contributed by atoms with Crippen LogP contribution in [0.3, 0.4) is 0 Å². The van der Waals surface area contributed by atoms with E-state index in [1.807, 2.05) is 37.4 Å². The fourth-order valence-electron chi connectivity index (χ4n) is 2.86. The summed E-state index contributed by atoms with van der Waals surface area (Å²) in [5.74, 6) is -1.05. The van der Waals surface area contributed by atoms with Gasteiger partial charge in [0.25, 0.3) is 11.8 Å². The van der Waals surface area contributed by atoms with Crippen molar-refractivity contribution in [2.45, 2.75) is 20.3 Å². The van der Waals surface area contributed by atoms with Crippen molar-refractivity contribution in [3.05, 3.63) is 98.6 Å². The first-order valence-corrected chi connectivity index (χ1v) is 10.5. The maximum Gasteiger partial charge on any atom is 0.267 e. The number of benzene rings is 2. The number of halogens is 1. The number of rotatable bonds is 7. The largest absolute Gasteiger partial charge is 0.350 e. The van der Waals surface area contributed by atoms with Gasteiger partial charge in [-0.1, -0.05) is 24.3 Å². The molecule has 0 aliphatic carbocycles. The van der Waals surface area contributed by atoms with Crippen molar-refractivity contribution in [3.63, 3.8) is 0 Å². The SMILES string of the molecule is Cc1ccc(C(=O)N/C(=C/c2cccs2)C(=O)NCCc2cccc(F)c2)cc1C. The maximum absolute atomic E-state index is 13.3. The van der Waals surface area contributed by atoms with Gasteiger partial charge in [0, 0.05) is 17.0 Å². The highest BCUT2D eigenvalue weighted by atomic mass is 32.1. The topological polar surface area (TPSA) is 58.2 Å². The van der Waals surface area contributed by atoms with Gasteiger partial charge in [0.15, 0.2) is 0 Å². The zero-order chi connectivity index (χ0) is 21.5. The van der Waals surface area contributed by atoms with Gasteiger partial charge in [-0.3, -0.25) is 9.59 Å². The van der Waals surface area contributed by atoms with Crippen LogP contribution in [0, 0.1) is 19.7 Å². The molecule has 2 N–H and O–H groups in total. The molecule has 3 aromatic rings. The average Bonchev–Trinajstić information content (AvgIpc) is 3.22. The van der Waals surface area contributed by atoms with Crippen LogP contribution in [0.2, 0.25) is 0 Å². The summed E-state index contributed by atoms with van der Waals surface area (Å²) in [4.78, 5) is 26.3. The zero-order valence-corrected chi connectivity index (χ0v) is 17.7. The first-order chi connectivity index (χ1) is 14.4. The number of thiophene rings is 1. The smallest absolute Gasteiger partial charge is 0.267 e. The molecule has 1 aromatic heterocycles. The van der Waals surface area contributed by atoms with Crippen molar-refractivity contribution in [2.24, 2.45) is 0 Å². The van der Waals surface area contributed by atoms with Crippen molar-refractivity contribution < 1.29 is 14.0 Å². The first-order valence-electron chi connectivity index (χ1n) is 9.59. The molecule has 2 amide bonds. The summed E-state index contributed by atoms with van der Waals surface area (Å²) >= 11 is 1.47. The molecule has 1 heterocycles. The predicted octanol–water partition coefficient (Wildman–Crippen LogP) is 4.63. The van der Waals surface area contributed by atoms with E-state index in [1.54, 1.807) is 30.3 Å². The van der Waals surface area contributed by atoms with Crippen molar-refractivity contribution >= 4 is 29.2 Å². The fraction of sp³-hybridized carbons (Fsp3) is 0.167. The van der Waals surface area contributed by atoms with Gasteiger partial charge in [-0.2, -0.15) is 0 Å². The van der Waals surface area contributed by atoms with E-state index in [1.165, 1.54) is 23.5 Å². The average molecular weight is 423 g/mol. The number of carbonyl (C=O) groups excluding carboxylic acids is 2. The first kappa shape index (κ1) is 21.5. The quantitative estimate of drug-likeness (QED) is 0.545. The third-order valence-electron chi connectivity index (χ3n) is 4.68. The number of carbonyl (C=O) groups is 2. The number of hydrogen-bond acceptors (Lipinski definition) is 3. The minimum Gasteiger partial charge on any atom is -0.350 e. The second kappa shape index (κ2) is 9.98. The summed E-state index contributed by atoms with van der Waals surface area (Å²) in [6.07, 6.45) is 2.14. The molecule has 0 aliphatic rings. The molecule has 0 bridgehead atoms. The van der Waals surface area contributed by atoms with Crippen LogP contribution in [0.4, 0.5) is 4.39 Å². The summed E-state index contributed by atoms with van der Waals surface area (Å²) in [7, 11) is 0. The molecular formula is C24H23FN2O2S. The van der Waals surface area contributed by atoms with Crippen molar-refractivity contribution in [1.82, 2.24) is 10.6 Å². The zero-order valence-electron chi connectivity index (χ0n) is 16.9. The van der Waals surface area contributed by atoms with Crippen LogP contribution in [-0.2, 0) is 11.2 Å². The van der Waals surface area contributed by atoms with Gasteiger partial charge < -0.3 is 10.6 Å². The van der Waals surface area contributed by atoms with Crippen molar-refractivity contribution in [2.75, 3.05) is 6.54 Å². The van der Waals surface area contributed by atoms with E-state index >= 15 is 0 Å². The normalized spacial score (nSPS) is 11.2. The highest BCUT2D eigenvalue weighted by molar-refractivity contribution is 7.10. The Kier molecular flexibility index (Phi) is 7.14. The van der Waals surface area contributed by atoms with Gasteiger partial charge in [-0.25, -0.2) is 4.39 Å². The van der Waals surface area contributed by atoms with Crippen molar-refractivity contribution in [1.29, 1.82) is 0 Å². The highest BCUT2D eigenvalue weighted by Gasteiger charge is 2.15. The molecular weight excluding hydrogens is 399 g/mol. The molecule has 0 atom stereocenters. The number of hydrogen-bond donors (Lipinski definition) is 2. The number of nitrogens with one attached hydrogen (secondary N) is 2. The van der Waals surface area contributed by atoms with Crippen LogP contribution in [0.1, 0.15) is 31.9 Å². The van der Waals surface area contributed by atoms with Gasteiger partial charge in [0.05, 0.1) is 0 Å². The maximum atomic E-state index is 13.3. The molecule has 0 fully saturated rings. The fourth-order valence-corrected chi connectivity index (χ4v) is 3.52. The van der Waals surface area contributed by atoms with Gasteiger partial charge in [0.2, 0.25) is 0 Å². The Morgan fingerprint density at radius 1 is 1.03 bits per heavy atom. The van der Waals surface area contributed by atoms with E-state index in [-0.39, 0.29) is 17.4 Å². The Bertz CT molecular complexity index is 1070. The van der Waals surface area contributed by atoms with Crippen LogP contribution < -0.4 is 10.6 Å². The lowest BCUT2D eigenvalue weighted by atomic mass is 10.1. The third-order valence-corrected chi connectivity index (χ3v) is 5.50. The summed E-state index contributed by atoms with van der Waals surface area (Å²) in [6.45, 7) is 4.24. The molecule has 0 spiro atoms. The lowest BCUT2D eigenvalue weighted by molar-refractivity contribution is -0.117. The van der Waals surface area contributed by atoms with E-state index in [4.69, 9.17) is 0 Å². The molecule has 4 nitrogen and oxygen atoms in total. The van der Waals surface area contributed by atoms with Crippen LogP contribution in [-0.4, -0.2) is 18.4 Å². The predicted molar refractivity (Wildman–Crippen MR) is 119 cm³/mol. The Morgan fingerprint density at radius 3 is 2.57 bits per heavy atom. The van der Waals surface area contributed by atoms with Gasteiger partial charge in [-0.05, 0) is 78.7 Å². The standard InChI is InChI=1S/C24H23FN2O2S/c1-16-8-9-19(13-17(16)2)23(28)27-22(15-21-7-4-12-30-21)24(29)26-11-10-18-5-3-6-20(25)14-18/h3-9,12-15H,10-11H2,1-2H3,(H,26,29)(H,27,28)/b22-15+. The van der Waals surface area contributed by atoms with Gasteiger partial charge in [-0.15, -0.1) is 11.3 Å². The minimum atomic E-state index is -0.392. The van der Waals surface area contributed by atoms with E-state index in [0.717, 1.165) is 21.6 Å². The number of aryl methyl sites for hydroxylation is 2. The Morgan fingerprint density at radius 2 is 1.87 bits per heavy atom. The molecule has 0 saturated heterocycles. The second-order valence-corrected chi connectivity index (χ2v) is 7.94. The Balaban J connectivity index is 1.71. The van der Waals surface area contributed by atoms with Gasteiger partial charge in [0.1, 0.15) is 11.5 Å². The molecule has 0 aliphatic heterocycles. The van der Waals surface area contributed by atoms with E-state index < -0.39 is 5.91 Å². The van der Waals surface area contributed by atoms with E-state index in [9.17, 15) is 14.0 Å². The lowest BCUT2D eigenvalue weighted by Crippen LogP contribution is -2.35. The van der Waals surface area contributed by atoms with Crippen LogP contribution in [0.25, 0.3) is 6.08 Å². The highest BCUT2D eigenvalue weighted by Crippen LogP contribution is 2.14. The van der Waals surface area contributed by atoms with E-state index in [0.29, 0.717) is 18.5 Å².